The second-order valence-corrected chi connectivity index (χ2v) is 3.96. The van der Waals surface area contributed by atoms with Crippen molar-refractivity contribution in [2.75, 3.05) is 5.75 Å². The van der Waals surface area contributed by atoms with Crippen LogP contribution in [-0.4, -0.2) is 22.4 Å². The molecule has 1 N–H and O–H groups in total. The Bertz CT molecular complexity index is 428. The van der Waals surface area contributed by atoms with Gasteiger partial charge in [0.1, 0.15) is 0 Å². The number of carbonyl (C=O) groups is 2. The number of ketones is 1. The minimum atomic E-state index is -0.123. The highest BCUT2D eigenvalue weighted by atomic mass is 32.2. The van der Waals surface area contributed by atoms with Gasteiger partial charge in [-0.1, -0.05) is 11.8 Å². The zero-order valence-corrected chi connectivity index (χ0v) is 8.58. The average molecular weight is 220 g/mol. The van der Waals surface area contributed by atoms with E-state index in [0.717, 1.165) is 0 Å². The Morgan fingerprint density at radius 3 is 2.80 bits per heavy atom. The molecule has 5 heteroatoms. The molecule has 1 aromatic heterocycles. The number of carbonyl (C=O) groups excluding carboxylic acids is 2. The van der Waals surface area contributed by atoms with E-state index in [1.54, 1.807) is 24.5 Å². The van der Waals surface area contributed by atoms with Crippen LogP contribution >= 0.6 is 11.8 Å². The molecular formula is C10H8N2O2S. The molecule has 4 nitrogen and oxygen atoms in total. The molecule has 2 heterocycles. The number of hydrogen-bond acceptors (Lipinski definition) is 4. The summed E-state index contributed by atoms with van der Waals surface area (Å²) in [5, 5.41) is 3.22. The number of aromatic nitrogens is 1. The lowest BCUT2D eigenvalue weighted by atomic mass is 10.2. The first-order valence-electron chi connectivity index (χ1n) is 4.34. The van der Waals surface area contributed by atoms with Crippen LogP contribution in [0.25, 0.3) is 0 Å². The number of thioether (sulfide) groups is 1. The molecule has 0 aromatic carbocycles. The fraction of sp³-hybridized carbons (Fsp3) is 0.100. The third-order valence-corrected chi connectivity index (χ3v) is 2.79. The standard InChI is InChI=1S/C10H8N2O2S/c13-8(7-1-3-11-4-2-7)5-10-12-9(14)6-15-10/h1-5H,6H2,(H,12,14)/b10-5-. The molecule has 1 aromatic rings. The number of hydrogen-bond donors (Lipinski definition) is 1. The molecule has 1 saturated heterocycles. The van der Waals surface area contributed by atoms with Gasteiger partial charge in [-0.05, 0) is 12.1 Å². The molecule has 1 fully saturated rings. The largest absolute Gasteiger partial charge is 0.320 e. The van der Waals surface area contributed by atoms with Crippen LogP contribution in [0.1, 0.15) is 10.4 Å². The molecule has 0 unspecified atom stereocenters. The van der Waals surface area contributed by atoms with Crippen molar-refractivity contribution in [1.29, 1.82) is 0 Å². The van der Waals surface area contributed by atoms with E-state index in [2.05, 4.69) is 10.3 Å². The first-order valence-corrected chi connectivity index (χ1v) is 5.33. The summed E-state index contributed by atoms with van der Waals surface area (Å²) in [4.78, 5) is 26.3. The van der Waals surface area contributed by atoms with Gasteiger partial charge in [0, 0.05) is 24.0 Å². The number of rotatable bonds is 2. The van der Waals surface area contributed by atoms with Crippen molar-refractivity contribution >= 4 is 23.5 Å². The van der Waals surface area contributed by atoms with Crippen molar-refractivity contribution in [2.45, 2.75) is 0 Å². The minimum absolute atomic E-state index is 0.0613. The lowest BCUT2D eigenvalue weighted by molar-refractivity contribution is -0.117. The minimum Gasteiger partial charge on any atom is -0.320 e. The Hall–Kier alpha value is -1.62. The van der Waals surface area contributed by atoms with Crippen LogP contribution in [0.3, 0.4) is 0 Å². The number of allylic oxidation sites excluding steroid dienone is 1. The molecule has 0 atom stereocenters. The number of pyridine rings is 1. The quantitative estimate of drug-likeness (QED) is 0.596. The molecule has 0 aliphatic carbocycles. The summed E-state index contributed by atoms with van der Waals surface area (Å²) < 4.78 is 0. The van der Waals surface area contributed by atoms with Gasteiger partial charge in [0.15, 0.2) is 5.78 Å². The van der Waals surface area contributed by atoms with Crippen LogP contribution < -0.4 is 5.32 Å². The van der Waals surface area contributed by atoms with Crippen LogP contribution in [0.4, 0.5) is 0 Å². The van der Waals surface area contributed by atoms with Gasteiger partial charge in [0.2, 0.25) is 5.91 Å². The Morgan fingerprint density at radius 2 is 2.20 bits per heavy atom. The predicted octanol–water partition coefficient (Wildman–Crippen LogP) is 0.969. The summed E-state index contributed by atoms with van der Waals surface area (Å²) in [5.41, 5.74) is 0.569. The lowest BCUT2D eigenvalue weighted by Gasteiger charge is -1.96. The van der Waals surface area contributed by atoms with Crippen LogP contribution in [0.2, 0.25) is 0 Å². The Kier molecular flexibility index (Phi) is 2.82. The summed E-state index contributed by atoms with van der Waals surface area (Å²) in [5.74, 6) is 0.200. The summed E-state index contributed by atoms with van der Waals surface area (Å²) in [6.45, 7) is 0. The molecule has 1 aliphatic rings. The fourth-order valence-corrected chi connectivity index (χ4v) is 1.88. The Labute approximate surface area is 90.8 Å². The van der Waals surface area contributed by atoms with Crippen LogP contribution in [-0.2, 0) is 4.79 Å². The highest BCUT2D eigenvalue weighted by Gasteiger charge is 2.16. The SMILES string of the molecule is O=C1CS/C(=C\C(=O)c2ccncc2)N1. The van der Waals surface area contributed by atoms with Crippen LogP contribution in [0, 0.1) is 0 Å². The Morgan fingerprint density at radius 1 is 1.47 bits per heavy atom. The summed E-state index contributed by atoms with van der Waals surface area (Å²) in [6.07, 6.45) is 4.56. The molecule has 1 amide bonds. The van der Waals surface area contributed by atoms with E-state index in [0.29, 0.717) is 16.3 Å². The van der Waals surface area contributed by atoms with E-state index in [1.165, 1.54) is 17.8 Å². The van der Waals surface area contributed by atoms with Crippen molar-refractivity contribution in [3.05, 3.63) is 41.2 Å². The predicted molar refractivity (Wildman–Crippen MR) is 57.3 cm³/mol. The van der Waals surface area contributed by atoms with E-state index in [4.69, 9.17) is 0 Å². The van der Waals surface area contributed by atoms with E-state index >= 15 is 0 Å². The van der Waals surface area contributed by atoms with Gasteiger partial charge in [-0.2, -0.15) is 0 Å². The zero-order chi connectivity index (χ0) is 10.7. The van der Waals surface area contributed by atoms with Gasteiger partial charge < -0.3 is 5.32 Å². The molecule has 15 heavy (non-hydrogen) atoms. The van der Waals surface area contributed by atoms with Gasteiger partial charge in [-0.15, -0.1) is 0 Å². The summed E-state index contributed by atoms with van der Waals surface area (Å²) in [6, 6.07) is 3.28. The molecule has 0 radical (unpaired) electrons. The number of nitrogens with zero attached hydrogens (tertiary/aromatic N) is 1. The van der Waals surface area contributed by atoms with E-state index in [1.807, 2.05) is 0 Å². The summed E-state index contributed by atoms with van der Waals surface area (Å²) in [7, 11) is 0. The highest BCUT2D eigenvalue weighted by molar-refractivity contribution is 8.04. The van der Waals surface area contributed by atoms with Gasteiger partial charge in [-0.25, -0.2) is 0 Å². The monoisotopic (exact) mass is 220 g/mol. The average Bonchev–Trinajstić information content (AvgIpc) is 2.65. The lowest BCUT2D eigenvalue weighted by Crippen LogP contribution is -2.14. The van der Waals surface area contributed by atoms with Crippen molar-refractivity contribution in [2.24, 2.45) is 0 Å². The maximum Gasteiger partial charge on any atom is 0.235 e. The fourth-order valence-electron chi connectivity index (χ4n) is 1.15. The second kappa shape index (κ2) is 4.27. The highest BCUT2D eigenvalue weighted by Crippen LogP contribution is 2.19. The van der Waals surface area contributed by atoms with Gasteiger partial charge in [-0.3, -0.25) is 14.6 Å². The smallest absolute Gasteiger partial charge is 0.235 e. The first-order chi connectivity index (χ1) is 7.25. The third-order valence-electron chi connectivity index (χ3n) is 1.85. The maximum absolute atomic E-state index is 11.6. The van der Waals surface area contributed by atoms with Crippen molar-refractivity contribution in [1.82, 2.24) is 10.3 Å². The van der Waals surface area contributed by atoms with E-state index in [9.17, 15) is 9.59 Å². The first kappa shape index (κ1) is 9.92. The number of amides is 1. The van der Waals surface area contributed by atoms with Crippen molar-refractivity contribution < 1.29 is 9.59 Å². The van der Waals surface area contributed by atoms with Crippen LogP contribution in [0.15, 0.2) is 35.6 Å². The van der Waals surface area contributed by atoms with Gasteiger partial charge in [0.25, 0.3) is 0 Å². The summed E-state index contributed by atoms with van der Waals surface area (Å²) >= 11 is 1.34. The molecule has 0 bridgehead atoms. The second-order valence-electron chi connectivity index (χ2n) is 2.95. The third kappa shape index (κ3) is 2.44. The van der Waals surface area contributed by atoms with Crippen molar-refractivity contribution in [3.8, 4) is 0 Å². The molecule has 0 spiro atoms. The molecule has 1 aliphatic heterocycles. The van der Waals surface area contributed by atoms with Gasteiger partial charge >= 0.3 is 0 Å². The molecular weight excluding hydrogens is 212 g/mol. The molecule has 0 saturated carbocycles. The molecule has 2 rings (SSSR count). The normalized spacial score (nSPS) is 17.9. The van der Waals surface area contributed by atoms with E-state index < -0.39 is 0 Å². The zero-order valence-electron chi connectivity index (χ0n) is 7.77. The van der Waals surface area contributed by atoms with Gasteiger partial charge in [0.05, 0.1) is 10.8 Å². The van der Waals surface area contributed by atoms with Crippen molar-refractivity contribution in [3.63, 3.8) is 0 Å². The Balaban J connectivity index is 2.13. The molecule has 76 valence electrons. The topological polar surface area (TPSA) is 59.1 Å². The van der Waals surface area contributed by atoms with E-state index in [-0.39, 0.29) is 11.7 Å². The number of nitrogens with one attached hydrogen (secondary N) is 1. The van der Waals surface area contributed by atoms with Crippen LogP contribution in [0.5, 0.6) is 0 Å². The maximum atomic E-state index is 11.6.